The Hall–Kier alpha value is -1.56. The van der Waals surface area contributed by atoms with Crippen LogP contribution in [0.2, 0.25) is 0 Å². The molecule has 0 radical (unpaired) electrons. The summed E-state index contributed by atoms with van der Waals surface area (Å²) in [6.45, 7) is 7.44. The third-order valence-corrected chi connectivity index (χ3v) is 5.94. The Balaban J connectivity index is 2.29. The number of sulfone groups is 1. The lowest BCUT2D eigenvalue weighted by atomic mass is 10.2. The predicted octanol–water partition coefficient (Wildman–Crippen LogP) is 2.09. The first-order valence-corrected chi connectivity index (χ1v) is 9.06. The summed E-state index contributed by atoms with van der Waals surface area (Å²) in [6.07, 6.45) is 0.619. The van der Waals surface area contributed by atoms with Gasteiger partial charge < -0.3 is 10.1 Å². The Morgan fingerprint density at radius 1 is 1.18 bits per heavy atom. The van der Waals surface area contributed by atoms with Gasteiger partial charge in [0.2, 0.25) is 5.91 Å². The van der Waals surface area contributed by atoms with Crippen LogP contribution in [0, 0.1) is 6.92 Å². The monoisotopic (exact) mass is 327 g/mol. The van der Waals surface area contributed by atoms with Gasteiger partial charge in [-0.05, 0) is 46.2 Å². The van der Waals surface area contributed by atoms with Gasteiger partial charge in [0, 0.05) is 6.54 Å². The fourth-order valence-electron chi connectivity index (χ4n) is 1.81. The minimum absolute atomic E-state index is 0.392. The maximum atomic E-state index is 11.9. The summed E-state index contributed by atoms with van der Waals surface area (Å²) in [6, 6.07) is 7.72. The van der Waals surface area contributed by atoms with Gasteiger partial charge in [-0.2, -0.15) is 0 Å². The van der Waals surface area contributed by atoms with Crippen molar-refractivity contribution in [2.24, 2.45) is 0 Å². The fraction of sp³-hybridized carbons (Fsp3) is 0.562. The van der Waals surface area contributed by atoms with Crippen molar-refractivity contribution in [2.75, 3.05) is 13.2 Å². The van der Waals surface area contributed by atoms with E-state index in [9.17, 15) is 13.2 Å². The highest BCUT2D eigenvalue weighted by Gasteiger charge is 2.30. The summed E-state index contributed by atoms with van der Waals surface area (Å²) in [7, 11) is -3.41. The molecule has 0 saturated carbocycles. The van der Waals surface area contributed by atoms with Crippen molar-refractivity contribution in [3.63, 3.8) is 0 Å². The Kier molecular flexibility index (Phi) is 6.87. The van der Waals surface area contributed by atoms with Gasteiger partial charge in [0.15, 0.2) is 9.84 Å². The number of benzene rings is 1. The molecule has 0 aromatic heterocycles. The molecule has 1 atom stereocenters. The van der Waals surface area contributed by atoms with Crippen molar-refractivity contribution < 1.29 is 17.9 Å². The van der Waals surface area contributed by atoms with Gasteiger partial charge >= 0.3 is 0 Å². The van der Waals surface area contributed by atoms with Crippen molar-refractivity contribution in [2.45, 2.75) is 44.6 Å². The third kappa shape index (κ3) is 5.33. The van der Waals surface area contributed by atoms with Crippen LogP contribution in [0.15, 0.2) is 24.3 Å². The first-order valence-electron chi connectivity index (χ1n) is 7.45. The lowest BCUT2D eigenvalue weighted by molar-refractivity contribution is -0.120. The average Bonchev–Trinajstić information content (AvgIpc) is 2.47. The Morgan fingerprint density at radius 2 is 1.77 bits per heavy atom. The first kappa shape index (κ1) is 18.5. The van der Waals surface area contributed by atoms with Gasteiger partial charge in [-0.15, -0.1) is 0 Å². The number of rotatable bonds is 8. The van der Waals surface area contributed by atoms with Gasteiger partial charge in [-0.3, -0.25) is 4.79 Å². The maximum absolute atomic E-state index is 11.9. The van der Waals surface area contributed by atoms with Crippen LogP contribution in [0.4, 0.5) is 0 Å². The van der Waals surface area contributed by atoms with Crippen molar-refractivity contribution in [3.8, 4) is 5.75 Å². The molecule has 5 nitrogen and oxygen atoms in total. The molecule has 0 saturated heterocycles. The topological polar surface area (TPSA) is 72.5 Å². The molecule has 0 spiro atoms. The van der Waals surface area contributed by atoms with Crippen LogP contribution in [0.3, 0.4) is 0 Å². The summed E-state index contributed by atoms with van der Waals surface area (Å²) in [5.41, 5.74) is 1.17. The van der Waals surface area contributed by atoms with Gasteiger partial charge in [0.05, 0.1) is 11.9 Å². The Bertz CT molecular complexity index is 579. The molecule has 6 heteroatoms. The first-order chi connectivity index (χ1) is 10.2. The number of hydrogen-bond donors (Lipinski definition) is 1. The second-order valence-corrected chi connectivity index (χ2v) is 8.41. The van der Waals surface area contributed by atoms with Crippen LogP contribution in [0.5, 0.6) is 5.75 Å². The number of ether oxygens (including phenoxy) is 1. The summed E-state index contributed by atoms with van der Waals surface area (Å²) >= 11 is 0. The molecule has 0 heterocycles. The van der Waals surface area contributed by atoms with E-state index < -0.39 is 26.2 Å². The van der Waals surface area contributed by atoms with Crippen LogP contribution in [0.25, 0.3) is 0 Å². The largest absolute Gasteiger partial charge is 0.494 e. The maximum Gasteiger partial charge on any atom is 0.238 e. The number of carbonyl (C=O) groups excluding carboxylic acids is 1. The number of nitrogens with one attached hydrogen (secondary N) is 1. The van der Waals surface area contributed by atoms with E-state index in [1.807, 2.05) is 31.2 Å². The third-order valence-electron chi connectivity index (χ3n) is 3.43. The number of aryl methyl sites for hydroxylation is 1. The molecule has 0 aliphatic carbocycles. The van der Waals surface area contributed by atoms with E-state index in [2.05, 4.69) is 5.32 Å². The molecule has 22 heavy (non-hydrogen) atoms. The van der Waals surface area contributed by atoms with Crippen LogP contribution in [0.1, 0.15) is 32.8 Å². The SMILES string of the molecule is Cc1ccc(OCCCNC(=O)[C@H](C)S(=O)(=O)C(C)C)cc1. The second-order valence-electron chi connectivity index (χ2n) is 5.59. The normalized spacial score (nSPS) is 13.0. The van der Waals surface area contributed by atoms with E-state index in [4.69, 9.17) is 4.74 Å². The zero-order valence-corrected chi connectivity index (χ0v) is 14.4. The molecule has 0 bridgehead atoms. The summed E-state index contributed by atoms with van der Waals surface area (Å²) < 4.78 is 29.3. The van der Waals surface area contributed by atoms with Crippen molar-refractivity contribution in [1.29, 1.82) is 0 Å². The van der Waals surface area contributed by atoms with Crippen molar-refractivity contribution in [3.05, 3.63) is 29.8 Å². The minimum atomic E-state index is -3.41. The quantitative estimate of drug-likeness (QED) is 0.742. The molecule has 1 aromatic carbocycles. The number of amides is 1. The van der Waals surface area contributed by atoms with Gasteiger partial charge in [-0.1, -0.05) is 17.7 Å². The molecule has 0 unspecified atom stereocenters. The molecular formula is C16H25NO4S. The zero-order chi connectivity index (χ0) is 16.8. The van der Waals surface area contributed by atoms with Gasteiger partial charge in [0.1, 0.15) is 11.0 Å². The zero-order valence-electron chi connectivity index (χ0n) is 13.6. The molecule has 0 aliphatic heterocycles. The van der Waals surface area contributed by atoms with E-state index in [0.717, 1.165) is 5.75 Å². The van der Waals surface area contributed by atoms with Crippen molar-refractivity contribution in [1.82, 2.24) is 5.32 Å². The van der Waals surface area contributed by atoms with Crippen LogP contribution in [-0.2, 0) is 14.6 Å². The molecule has 0 aliphatic rings. The van der Waals surface area contributed by atoms with Gasteiger partial charge in [0.25, 0.3) is 0 Å². The highest BCUT2D eigenvalue weighted by atomic mass is 32.2. The van der Waals surface area contributed by atoms with Crippen LogP contribution >= 0.6 is 0 Å². The molecule has 1 aromatic rings. The summed E-state index contributed by atoms with van der Waals surface area (Å²) in [5, 5.41) is 1.06. The molecular weight excluding hydrogens is 302 g/mol. The van der Waals surface area contributed by atoms with Crippen molar-refractivity contribution >= 4 is 15.7 Å². The summed E-state index contributed by atoms with van der Waals surface area (Å²) in [4.78, 5) is 11.8. The smallest absolute Gasteiger partial charge is 0.238 e. The molecule has 1 N–H and O–H groups in total. The lowest BCUT2D eigenvalue weighted by Crippen LogP contribution is -2.41. The molecule has 1 amide bonds. The Labute approximate surface area is 133 Å². The van der Waals surface area contributed by atoms with Crippen LogP contribution < -0.4 is 10.1 Å². The standard InChI is InChI=1S/C16H25NO4S/c1-12(2)22(19,20)14(4)16(18)17-10-5-11-21-15-8-6-13(3)7-9-15/h6-9,12,14H,5,10-11H2,1-4H3,(H,17,18)/t14-/m0/s1. The molecule has 0 fully saturated rings. The van der Waals surface area contributed by atoms with E-state index in [-0.39, 0.29) is 0 Å². The lowest BCUT2D eigenvalue weighted by Gasteiger charge is -2.15. The Morgan fingerprint density at radius 3 is 2.32 bits per heavy atom. The van der Waals surface area contributed by atoms with Gasteiger partial charge in [-0.25, -0.2) is 8.42 Å². The highest BCUT2D eigenvalue weighted by Crippen LogP contribution is 2.11. The average molecular weight is 327 g/mol. The highest BCUT2D eigenvalue weighted by molar-refractivity contribution is 7.93. The molecule has 124 valence electrons. The van der Waals surface area contributed by atoms with E-state index in [1.165, 1.54) is 12.5 Å². The molecule has 1 rings (SSSR count). The predicted molar refractivity (Wildman–Crippen MR) is 87.8 cm³/mol. The van der Waals surface area contributed by atoms with E-state index in [0.29, 0.717) is 19.6 Å². The second kappa shape index (κ2) is 8.17. The van der Waals surface area contributed by atoms with Crippen LogP contribution in [-0.4, -0.2) is 38.0 Å². The van der Waals surface area contributed by atoms with E-state index >= 15 is 0 Å². The minimum Gasteiger partial charge on any atom is -0.494 e. The van der Waals surface area contributed by atoms with E-state index in [1.54, 1.807) is 13.8 Å². The summed E-state index contributed by atoms with van der Waals surface area (Å²) in [5.74, 6) is 0.330. The number of hydrogen-bond acceptors (Lipinski definition) is 4. The number of carbonyl (C=O) groups is 1. The fourth-order valence-corrected chi connectivity index (χ4v) is 3.01.